The Morgan fingerprint density at radius 3 is 2.65 bits per heavy atom. The summed E-state index contributed by atoms with van der Waals surface area (Å²) in [6.07, 6.45) is 3.98. The Hall–Kier alpha value is -0.0800. The summed E-state index contributed by atoms with van der Waals surface area (Å²) in [4.78, 5) is 2.71. The van der Waals surface area contributed by atoms with Crippen molar-refractivity contribution >= 4 is 0 Å². The number of likely N-dealkylation sites (tertiary alicyclic amines) is 1. The number of unbranched alkanes of at least 4 members (excludes halogenated alkanes) is 1. The molecule has 1 saturated heterocycles. The molecule has 1 fully saturated rings. The SMILES string of the molecule is CCCCNCC(C)N1CC(C)CC(C)C1C. The summed E-state index contributed by atoms with van der Waals surface area (Å²) < 4.78 is 0. The third-order valence-corrected chi connectivity index (χ3v) is 4.36. The zero-order chi connectivity index (χ0) is 12.8. The normalized spacial score (nSPS) is 32.6. The van der Waals surface area contributed by atoms with Crippen LogP contribution in [0.4, 0.5) is 0 Å². The minimum atomic E-state index is 0.673. The van der Waals surface area contributed by atoms with Gasteiger partial charge in [0.05, 0.1) is 0 Å². The molecule has 1 aliphatic rings. The van der Waals surface area contributed by atoms with E-state index in [1.807, 2.05) is 0 Å². The van der Waals surface area contributed by atoms with E-state index in [1.54, 1.807) is 0 Å². The van der Waals surface area contributed by atoms with E-state index in [9.17, 15) is 0 Å². The Morgan fingerprint density at radius 1 is 1.29 bits per heavy atom. The van der Waals surface area contributed by atoms with E-state index in [0.717, 1.165) is 24.4 Å². The van der Waals surface area contributed by atoms with E-state index in [0.29, 0.717) is 6.04 Å². The Labute approximate surface area is 108 Å². The van der Waals surface area contributed by atoms with E-state index in [1.165, 1.54) is 32.4 Å². The highest BCUT2D eigenvalue weighted by Gasteiger charge is 2.31. The largest absolute Gasteiger partial charge is 0.315 e. The fourth-order valence-corrected chi connectivity index (χ4v) is 3.07. The lowest BCUT2D eigenvalue weighted by Gasteiger charge is -2.44. The van der Waals surface area contributed by atoms with Crippen LogP contribution in [-0.4, -0.2) is 36.6 Å². The summed E-state index contributed by atoms with van der Waals surface area (Å²) in [6, 6.07) is 1.42. The van der Waals surface area contributed by atoms with Gasteiger partial charge >= 0.3 is 0 Å². The Balaban J connectivity index is 2.35. The number of hydrogen-bond donors (Lipinski definition) is 1. The first-order chi connectivity index (χ1) is 8.06. The highest BCUT2D eigenvalue weighted by atomic mass is 15.2. The van der Waals surface area contributed by atoms with Crippen LogP contribution >= 0.6 is 0 Å². The first-order valence-electron chi connectivity index (χ1n) is 7.52. The summed E-state index contributed by atoms with van der Waals surface area (Å²) in [6.45, 7) is 15.4. The van der Waals surface area contributed by atoms with Crippen molar-refractivity contribution in [2.75, 3.05) is 19.6 Å². The summed E-state index contributed by atoms with van der Waals surface area (Å²) in [5.41, 5.74) is 0. The second kappa shape index (κ2) is 7.38. The zero-order valence-electron chi connectivity index (χ0n) is 12.5. The molecule has 0 saturated carbocycles. The summed E-state index contributed by atoms with van der Waals surface area (Å²) in [5.74, 6) is 1.70. The zero-order valence-corrected chi connectivity index (χ0v) is 12.5. The minimum absolute atomic E-state index is 0.673. The molecule has 0 aliphatic carbocycles. The second-order valence-electron chi connectivity index (χ2n) is 6.16. The van der Waals surface area contributed by atoms with Crippen LogP contribution in [0.2, 0.25) is 0 Å². The fourth-order valence-electron chi connectivity index (χ4n) is 3.07. The van der Waals surface area contributed by atoms with Gasteiger partial charge in [-0.3, -0.25) is 4.90 Å². The molecule has 0 amide bonds. The fraction of sp³-hybridized carbons (Fsp3) is 1.00. The van der Waals surface area contributed by atoms with Crippen molar-refractivity contribution in [3.63, 3.8) is 0 Å². The van der Waals surface area contributed by atoms with Gasteiger partial charge in [0.25, 0.3) is 0 Å². The average molecular weight is 240 g/mol. The van der Waals surface area contributed by atoms with E-state index >= 15 is 0 Å². The van der Waals surface area contributed by atoms with Crippen molar-refractivity contribution in [2.24, 2.45) is 11.8 Å². The van der Waals surface area contributed by atoms with Gasteiger partial charge in [0.15, 0.2) is 0 Å². The lowest BCUT2D eigenvalue weighted by Crippen LogP contribution is -2.52. The van der Waals surface area contributed by atoms with Gasteiger partial charge < -0.3 is 5.32 Å². The molecule has 1 heterocycles. The van der Waals surface area contributed by atoms with E-state index in [2.05, 4.69) is 44.8 Å². The Morgan fingerprint density at radius 2 is 2.00 bits per heavy atom. The molecular formula is C15H32N2. The summed E-state index contributed by atoms with van der Waals surface area (Å²) in [5, 5.41) is 3.59. The molecule has 1 N–H and O–H groups in total. The highest BCUT2D eigenvalue weighted by Crippen LogP contribution is 2.28. The van der Waals surface area contributed by atoms with E-state index in [4.69, 9.17) is 0 Å². The van der Waals surface area contributed by atoms with Crippen LogP contribution < -0.4 is 5.32 Å². The molecule has 0 radical (unpaired) electrons. The number of rotatable bonds is 6. The minimum Gasteiger partial charge on any atom is -0.315 e. The maximum absolute atomic E-state index is 3.59. The molecule has 1 aliphatic heterocycles. The standard InChI is InChI=1S/C15H32N2/c1-6-7-8-16-10-14(4)17-11-12(2)9-13(3)15(17)5/h12-16H,6-11H2,1-5H3. The van der Waals surface area contributed by atoms with Crippen molar-refractivity contribution in [3.05, 3.63) is 0 Å². The molecule has 0 aromatic heterocycles. The van der Waals surface area contributed by atoms with Crippen molar-refractivity contribution in [1.82, 2.24) is 10.2 Å². The highest BCUT2D eigenvalue weighted by molar-refractivity contribution is 4.85. The molecule has 102 valence electrons. The van der Waals surface area contributed by atoms with Crippen LogP contribution in [0.25, 0.3) is 0 Å². The van der Waals surface area contributed by atoms with Crippen molar-refractivity contribution < 1.29 is 0 Å². The Bertz CT molecular complexity index is 205. The molecule has 4 atom stereocenters. The van der Waals surface area contributed by atoms with Gasteiger partial charge in [-0.1, -0.05) is 27.2 Å². The van der Waals surface area contributed by atoms with Gasteiger partial charge in [-0.05, 0) is 45.1 Å². The molecule has 4 unspecified atom stereocenters. The van der Waals surface area contributed by atoms with E-state index < -0.39 is 0 Å². The van der Waals surface area contributed by atoms with Crippen molar-refractivity contribution in [1.29, 1.82) is 0 Å². The van der Waals surface area contributed by atoms with Gasteiger partial charge in [0.1, 0.15) is 0 Å². The third-order valence-electron chi connectivity index (χ3n) is 4.36. The molecule has 17 heavy (non-hydrogen) atoms. The molecule has 2 nitrogen and oxygen atoms in total. The molecule has 2 heteroatoms. The smallest absolute Gasteiger partial charge is 0.0195 e. The number of nitrogens with zero attached hydrogens (tertiary/aromatic N) is 1. The van der Waals surface area contributed by atoms with Crippen LogP contribution in [0.3, 0.4) is 0 Å². The van der Waals surface area contributed by atoms with Gasteiger partial charge in [-0.15, -0.1) is 0 Å². The molecular weight excluding hydrogens is 208 g/mol. The lowest BCUT2D eigenvalue weighted by atomic mass is 9.85. The molecule has 0 spiro atoms. The van der Waals surface area contributed by atoms with Crippen molar-refractivity contribution in [2.45, 2.75) is 66.0 Å². The van der Waals surface area contributed by atoms with Crippen LogP contribution in [0.5, 0.6) is 0 Å². The van der Waals surface area contributed by atoms with Crippen molar-refractivity contribution in [3.8, 4) is 0 Å². The third kappa shape index (κ3) is 4.59. The van der Waals surface area contributed by atoms with Gasteiger partial charge in [0.2, 0.25) is 0 Å². The molecule has 1 rings (SSSR count). The second-order valence-corrected chi connectivity index (χ2v) is 6.16. The van der Waals surface area contributed by atoms with Crippen LogP contribution in [0.15, 0.2) is 0 Å². The topological polar surface area (TPSA) is 15.3 Å². The van der Waals surface area contributed by atoms with E-state index in [-0.39, 0.29) is 0 Å². The number of hydrogen-bond acceptors (Lipinski definition) is 2. The van der Waals surface area contributed by atoms with Crippen LogP contribution in [-0.2, 0) is 0 Å². The monoisotopic (exact) mass is 240 g/mol. The first kappa shape index (κ1) is 15.0. The van der Waals surface area contributed by atoms with Crippen LogP contribution in [0, 0.1) is 11.8 Å². The predicted octanol–water partition coefficient (Wildman–Crippen LogP) is 3.13. The summed E-state index contributed by atoms with van der Waals surface area (Å²) >= 11 is 0. The summed E-state index contributed by atoms with van der Waals surface area (Å²) in [7, 11) is 0. The predicted molar refractivity (Wildman–Crippen MR) is 76.4 cm³/mol. The lowest BCUT2D eigenvalue weighted by molar-refractivity contribution is 0.0466. The first-order valence-corrected chi connectivity index (χ1v) is 7.52. The maximum atomic E-state index is 3.59. The quantitative estimate of drug-likeness (QED) is 0.718. The maximum Gasteiger partial charge on any atom is 0.0195 e. The molecule has 0 aromatic rings. The molecule has 0 bridgehead atoms. The molecule has 0 aromatic carbocycles. The Kier molecular flexibility index (Phi) is 6.50. The van der Waals surface area contributed by atoms with Gasteiger partial charge in [-0.2, -0.15) is 0 Å². The average Bonchev–Trinajstić information content (AvgIpc) is 2.29. The van der Waals surface area contributed by atoms with Gasteiger partial charge in [0, 0.05) is 25.2 Å². The number of piperidine rings is 1. The van der Waals surface area contributed by atoms with Gasteiger partial charge in [-0.25, -0.2) is 0 Å². The van der Waals surface area contributed by atoms with Crippen LogP contribution in [0.1, 0.15) is 53.9 Å². The number of nitrogens with one attached hydrogen (secondary N) is 1.